The molecule has 180 valence electrons. The van der Waals surface area contributed by atoms with Crippen LogP contribution in [0, 0.1) is 5.82 Å². The van der Waals surface area contributed by atoms with E-state index in [-0.39, 0.29) is 29.6 Å². The molecular weight excluding hydrogens is 468 g/mol. The van der Waals surface area contributed by atoms with Crippen LogP contribution in [0.5, 0.6) is 5.75 Å². The largest absolute Gasteiger partial charge is 0.489 e. The summed E-state index contributed by atoms with van der Waals surface area (Å²) >= 11 is 5.87. The fourth-order valence-electron chi connectivity index (χ4n) is 2.88. The van der Waals surface area contributed by atoms with Gasteiger partial charge in [0.15, 0.2) is 5.83 Å². The zero-order valence-electron chi connectivity index (χ0n) is 18.9. The molecule has 8 nitrogen and oxygen atoms in total. The van der Waals surface area contributed by atoms with E-state index >= 15 is 0 Å². The van der Waals surface area contributed by atoms with E-state index in [0.29, 0.717) is 29.0 Å². The van der Waals surface area contributed by atoms with Gasteiger partial charge in [0.25, 0.3) is 5.91 Å². The van der Waals surface area contributed by atoms with Crippen molar-refractivity contribution in [2.45, 2.75) is 0 Å². The van der Waals surface area contributed by atoms with Gasteiger partial charge in [0.1, 0.15) is 30.3 Å². The molecule has 3 rings (SSSR count). The summed E-state index contributed by atoms with van der Waals surface area (Å²) in [5, 5.41) is 6.05. The first-order chi connectivity index (χ1) is 16.3. The first-order valence-electron chi connectivity index (χ1n) is 10.2. The summed E-state index contributed by atoms with van der Waals surface area (Å²) in [5.41, 5.74) is 1.21. The normalized spacial score (nSPS) is 11.7. The van der Waals surface area contributed by atoms with Crippen molar-refractivity contribution in [3.05, 3.63) is 59.4 Å². The van der Waals surface area contributed by atoms with E-state index in [1.165, 1.54) is 37.7 Å². The maximum Gasteiger partial charge on any atom is 0.284 e. The average Bonchev–Trinajstić information content (AvgIpc) is 2.80. The molecule has 0 aliphatic heterocycles. The molecule has 1 amide bonds. The highest BCUT2D eigenvalue weighted by atomic mass is 35.5. The number of amides is 1. The number of carbonyl (C=O) groups is 1. The molecule has 0 radical (unpaired) electrons. The minimum Gasteiger partial charge on any atom is -0.489 e. The third kappa shape index (κ3) is 6.60. The maximum atomic E-state index is 14.3. The van der Waals surface area contributed by atoms with Gasteiger partial charge in [-0.2, -0.15) is 0 Å². The second-order valence-electron chi connectivity index (χ2n) is 7.45. The molecule has 0 bridgehead atoms. The lowest BCUT2D eigenvalue weighted by atomic mass is 10.1. The van der Waals surface area contributed by atoms with Gasteiger partial charge in [-0.05, 0) is 44.4 Å². The Labute approximate surface area is 200 Å². The van der Waals surface area contributed by atoms with Crippen LogP contribution >= 0.6 is 11.6 Å². The molecule has 0 saturated carbocycles. The lowest BCUT2D eigenvalue weighted by Crippen LogP contribution is -2.17. The van der Waals surface area contributed by atoms with Crippen molar-refractivity contribution in [2.75, 3.05) is 51.6 Å². The van der Waals surface area contributed by atoms with Gasteiger partial charge in [-0.25, -0.2) is 18.7 Å². The number of methoxy groups -OCH3 is 1. The zero-order valence-corrected chi connectivity index (χ0v) is 19.6. The summed E-state index contributed by atoms with van der Waals surface area (Å²) in [6.45, 7) is 0.773. The summed E-state index contributed by atoms with van der Waals surface area (Å²) in [5.74, 6) is -1.75. The molecule has 34 heavy (non-hydrogen) atoms. The number of nitrogens with one attached hydrogen (secondary N) is 2. The van der Waals surface area contributed by atoms with Crippen LogP contribution in [-0.2, 0) is 9.53 Å². The number of aromatic nitrogens is 2. The number of anilines is 3. The second kappa shape index (κ2) is 11.7. The van der Waals surface area contributed by atoms with E-state index < -0.39 is 17.6 Å². The number of hydrogen-bond donors (Lipinski definition) is 2. The van der Waals surface area contributed by atoms with Crippen LogP contribution in [0.25, 0.3) is 10.9 Å². The molecule has 2 N–H and O–H groups in total. The van der Waals surface area contributed by atoms with E-state index in [1.54, 1.807) is 31.1 Å². The fraction of sp³-hybridized carbons (Fsp3) is 0.261. The van der Waals surface area contributed by atoms with Crippen LogP contribution in [0.4, 0.5) is 26.0 Å². The second-order valence-corrected chi connectivity index (χ2v) is 7.86. The summed E-state index contributed by atoms with van der Waals surface area (Å²) in [4.78, 5) is 22.7. The van der Waals surface area contributed by atoms with Gasteiger partial charge in [-0.3, -0.25) is 4.79 Å². The van der Waals surface area contributed by atoms with Crippen LogP contribution in [0.2, 0.25) is 5.02 Å². The van der Waals surface area contributed by atoms with E-state index in [1.807, 2.05) is 0 Å². The predicted octanol–water partition coefficient (Wildman–Crippen LogP) is 4.54. The number of carbonyl (C=O) groups excluding carboxylic acids is 1. The van der Waals surface area contributed by atoms with E-state index in [0.717, 1.165) is 0 Å². The smallest absolute Gasteiger partial charge is 0.284 e. The molecule has 0 saturated heterocycles. The number of fused-ring (bicyclic) bond motifs is 1. The molecule has 0 aliphatic carbocycles. The highest BCUT2D eigenvalue weighted by molar-refractivity contribution is 6.31. The molecule has 1 heterocycles. The Morgan fingerprint density at radius 1 is 1.21 bits per heavy atom. The first kappa shape index (κ1) is 25.3. The number of halogens is 3. The molecule has 0 aliphatic rings. The lowest BCUT2D eigenvalue weighted by molar-refractivity contribution is -0.114. The lowest BCUT2D eigenvalue weighted by Gasteiger charge is -2.15. The fourth-order valence-corrected chi connectivity index (χ4v) is 3.06. The van der Waals surface area contributed by atoms with Crippen molar-refractivity contribution in [2.24, 2.45) is 0 Å². The first-order valence-corrected chi connectivity index (χ1v) is 10.6. The number of ether oxygens (including phenoxy) is 2. The number of rotatable bonds is 10. The highest BCUT2D eigenvalue weighted by Gasteiger charge is 2.16. The molecular formula is C23H24ClF2N5O3. The minimum absolute atomic E-state index is 0.0508. The van der Waals surface area contributed by atoms with Gasteiger partial charge in [-0.15, -0.1) is 0 Å². The van der Waals surface area contributed by atoms with Gasteiger partial charge < -0.3 is 25.0 Å². The maximum absolute atomic E-state index is 14.3. The summed E-state index contributed by atoms with van der Waals surface area (Å²) in [6, 6.07) is 7.32. The SMILES string of the molecule is COCCOc1cc2ncnc(Nc3ccc(F)c(Cl)c3)c2cc1NC(=O)/C(F)=C/CN(C)C. The highest BCUT2D eigenvalue weighted by Crippen LogP contribution is 2.34. The average molecular weight is 492 g/mol. The number of hydrogen-bond acceptors (Lipinski definition) is 7. The van der Waals surface area contributed by atoms with Gasteiger partial charge >= 0.3 is 0 Å². The van der Waals surface area contributed by atoms with Crippen molar-refractivity contribution in [3.63, 3.8) is 0 Å². The molecule has 0 spiro atoms. The van der Waals surface area contributed by atoms with Gasteiger partial charge in [0.2, 0.25) is 0 Å². The van der Waals surface area contributed by atoms with E-state index in [2.05, 4.69) is 20.6 Å². The van der Waals surface area contributed by atoms with Crippen molar-refractivity contribution in [1.29, 1.82) is 0 Å². The van der Waals surface area contributed by atoms with Crippen molar-refractivity contribution in [1.82, 2.24) is 14.9 Å². The Balaban J connectivity index is 1.98. The van der Waals surface area contributed by atoms with Crippen molar-refractivity contribution in [3.8, 4) is 5.75 Å². The molecule has 0 fully saturated rings. The Kier molecular flexibility index (Phi) is 8.69. The molecule has 11 heteroatoms. The van der Waals surface area contributed by atoms with Crippen LogP contribution in [0.15, 0.2) is 48.6 Å². The Hall–Kier alpha value is -3.34. The van der Waals surface area contributed by atoms with Gasteiger partial charge in [-0.1, -0.05) is 11.6 Å². The van der Waals surface area contributed by atoms with Crippen molar-refractivity contribution >= 4 is 45.6 Å². The van der Waals surface area contributed by atoms with Crippen LogP contribution in [-0.4, -0.2) is 61.7 Å². The third-order valence-electron chi connectivity index (χ3n) is 4.56. The molecule has 0 unspecified atom stereocenters. The monoisotopic (exact) mass is 491 g/mol. The molecule has 0 atom stereocenters. The third-order valence-corrected chi connectivity index (χ3v) is 4.85. The van der Waals surface area contributed by atoms with E-state index in [9.17, 15) is 13.6 Å². The standard InChI is InChI=1S/C23H24ClF2N5O3/c1-31(2)7-6-18(26)23(32)30-20-11-15-19(12-21(20)34-9-8-33-3)27-13-28-22(15)29-14-4-5-17(25)16(24)10-14/h4-6,10-13H,7-9H2,1-3H3,(H,30,32)(H,27,28,29)/b18-6-. The Bertz CT molecular complexity index is 1210. The predicted molar refractivity (Wildman–Crippen MR) is 128 cm³/mol. The Morgan fingerprint density at radius 3 is 2.71 bits per heavy atom. The van der Waals surface area contributed by atoms with Crippen LogP contribution in [0.1, 0.15) is 0 Å². The molecule has 1 aromatic heterocycles. The van der Waals surface area contributed by atoms with Crippen LogP contribution in [0.3, 0.4) is 0 Å². The number of nitrogens with zero attached hydrogens (tertiary/aromatic N) is 3. The quantitative estimate of drug-likeness (QED) is 0.318. The van der Waals surface area contributed by atoms with Crippen molar-refractivity contribution < 1.29 is 23.0 Å². The Morgan fingerprint density at radius 2 is 2.00 bits per heavy atom. The van der Waals surface area contributed by atoms with Crippen LogP contribution < -0.4 is 15.4 Å². The number of likely N-dealkylation sites (N-methyl/N-ethyl adjacent to an activating group) is 1. The molecule has 2 aromatic carbocycles. The van der Waals surface area contributed by atoms with E-state index in [4.69, 9.17) is 21.1 Å². The summed E-state index contributed by atoms with van der Waals surface area (Å²) < 4.78 is 38.6. The van der Waals surface area contributed by atoms with Gasteiger partial charge in [0.05, 0.1) is 22.8 Å². The number of benzene rings is 2. The van der Waals surface area contributed by atoms with Gasteiger partial charge in [0, 0.05) is 30.8 Å². The zero-order chi connectivity index (χ0) is 24.7. The molecule has 3 aromatic rings. The summed E-state index contributed by atoms with van der Waals surface area (Å²) in [6.07, 6.45) is 2.52. The summed E-state index contributed by atoms with van der Waals surface area (Å²) in [7, 11) is 5.05. The minimum atomic E-state index is -0.930. The topological polar surface area (TPSA) is 88.6 Å².